The average molecular weight is 260 g/mol. The van der Waals surface area contributed by atoms with E-state index in [0.29, 0.717) is 5.89 Å². The van der Waals surface area contributed by atoms with E-state index in [-0.39, 0.29) is 0 Å². The van der Waals surface area contributed by atoms with Crippen molar-refractivity contribution >= 4 is 11.1 Å². The predicted molar refractivity (Wildman–Crippen MR) is 74.1 cm³/mol. The molecule has 4 heteroatoms. The Kier molecular flexibility index (Phi) is 2.97. The van der Waals surface area contributed by atoms with Gasteiger partial charge in [0.1, 0.15) is 5.75 Å². The van der Waals surface area contributed by atoms with E-state index in [4.69, 9.17) is 14.9 Å². The lowest BCUT2D eigenvalue weighted by Gasteiger charge is -2.33. The van der Waals surface area contributed by atoms with Gasteiger partial charge in [0.05, 0.1) is 12.6 Å². The number of nitrogens with two attached hydrogens (primary N) is 1. The Morgan fingerprint density at radius 2 is 2.11 bits per heavy atom. The summed E-state index contributed by atoms with van der Waals surface area (Å²) in [6, 6.07) is 5.70. The summed E-state index contributed by atoms with van der Waals surface area (Å²) in [5.74, 6) is 2.13. The van der Waals surface area contributed by atoms with Crippen LogP contribution in [0.4, 0.5) is 0 Å². The Morgan fingerprint density at radius 3 is 2.79 bits per heavy atom. The van der Waals surface area contributed by atoms with Gasteiger partial charge in [0.25, 0.3) is 0 Å². The summed E-state index contributed by atoms with van der Waals surface area (Å²) in [5, 5.41) is 0. The summed E-state index contributed by atoms with van der Waals surface area (Å²) in [7, 11) is 1.64. The molecule has 0 aliphatic heterocycles. The maximum absolute atomic E-state index is 6.50. The molecule has 1 fully saturated rings. The highest BCUT2D eigenvalue weighted by molar-refractivity contribution is 5.79. The molecular formula is C15H20N2O2. The van der Waals surface area contributed by atoms with Crippen molar-refractivity contribution in [2.24, 2.45) is 11.7 Å². The first-order valence-corrected chi connectivity index (χ1v) is 6.85. The third kappa shape index (κ3) is 2.10. The number of nitrogens with zero attached hydrogens (tertiary/aromatic N) is 1. The first kappa shape index (κ1) is 12.5. The summed E-state index contributed by atoms with van der Waals surface area (Å²) in [6.07, 6.45) is 4.13. The topological polar surface area (TPSA) is 61.3 Å². The van der Waals surface area contributed by atoms with E-state index < -0.39 is 5.54 Å². The molecule has 0 saturated heterocycles. The lowest BCUT2D eigenvalue weighted by atomic mass is 9.78. The molecule has 1 aliphatic carbocycles. The highest BCUT2D eigenvalue weighted by Gasteiger charge is 2.36. The average Bonchev–Trinajstić information content (AvgIpc) is 2.87. The molecular weight excluding hydrogens is 240 g/mol. The van der Waals surface area contributed by atoms with E-state index in [2.05, 4.69) is 11.9 Å². The van der Waals surface area contributed by atoms with Crippen LogP contribution in [0.2, 0.25) is 0 Å². The number of methoxy groups -OCH3 is 1. The van der Waals surface area contributed by atoms with E-state index in [1.165, 1.54) is 0 Å². The van der Waals surface area contributed by atoms with Crippen molar-refractivity contribution in [1.29, 1.82) is 0 Å². The van der Waals surface area contributed by atoms with E-state index in [0.717, 1.165) is 48.5 Å². The van der Waals surface area contributed by atoms with E-state index in [9.17, 15) is 0 Å². The first-order valence-electron chi connectivity index (χ1n) is 6.85. The molecule has 0 atom stereocenters. The molecule has 3 rings (SSSR count). The van der Waals surface area contributed by atoms with Gasteiger partial charge in [-0.1, -0.05) is 13.0 Å². The van der Waals surface area contributed by atoms with Crippen LogP contribution in [0.5, 0.6) is 5.75 Å². The number of ether oxygens (including phenoxy) is 1. The van der Waals surface area contributed by atoms with Crippen LogP contribution in [0.25, 0.3) is 11.1 Å². The number of hydrogen-bond donors (Lipinski definition) is 1. The van der Waals surface area contributed by atoms with Crippen molar-refractivity contribution in [3.63, 3.8) is 0 Å². The minimum absolute atomic E-state index is 0.420. The molecule has 4 nitrogen and oxygen atoms in total. The van der Waals surface area contributed by atoms with Gasteiger partial charge in [-0.2, -0.15) is 0 Å². The van der Waals surface area contributed by atoms with Gasteiger partial charge >= 0.3 is 0 Å². The van der Waals surface area contributed by atoms with Crippen LogP contribution in [0.15, 0.2) is 22.6 Å². The number of hydrogen-bond acceptors (Lipinski definition) is 4. The molecule has 0 bridgehead atoms. The van der Waals surface area contributed by atoms with Crippen molar-refractivity contribution in [2.75, 3.05) is 7.11 Å². The highest BCUT2D eigenvalue weighted by Crippen LogP contribution is 2.39. The van der Waals surface area contributed by atoms with Gasteiger partial charge in [-0.15, -0.1) is 0 Å². The summed E-state index contributed by atoms with van der Waals surface area (Å²) in [4.78, 5) is 4.59. The molecule has 2 N–H and O–H groups in total. The Hall–Kier alpha value is -1.55. The van der Waals surface area contributed by atoms with Crippen molar-refractivity contribution < 1.29 is 9.15 Å². The molecule has 19 heavy (non-hydrogen) atoms. The van der Waals surface area contributed by atoms with Crippen molar-refractivity contribution in [3.05, 3.63) is 24.1 Å². The van der Waals surface area contributed by atoms with Crippen LogP contribution in [0.3, 0.4) is 0 Å². The van der Waals surface area contributed by atoms with Crippen molar-refractivity contribution in [1.82, 2.24) is 4.98 Å². The molecule has 0 unspecified atom stereocenters. The Labute approximate surface area is 112 Å². The fourth-order valence-corrected chi connectivity index (χ4v) is 2.79. The summed E-state index contributed by atoms with van der Waals surface area (Å²) in [6.45, 7) is 2.27. The maximum atomic E-state index is 6.50. The van der Waals surface area contributed by atoms with E-state index >= 15 is 0 Å². The number of benzene rings is 1. The fraction of sp³-hybridized carbons (Fsp3) is 0.533. The summed E-state index contributed by atoms with van der Waals surface area (Å²) >= 11 is 0. The molecule has 0 amide bonds. The molecule has 0 radical (unpaired) electrons. The third-order valence-electron chi connectivity index (χ3n) is 4.19. The van der Waals surface area contributed by atoms with E-state index in [1.807, 2.05) is 18.2 Å². The minimum atomic E-state index is -0.420. The van der Waals surface area contributed by atoms with Crippen LogP contribution < -0.4 is 10.5 Å². The lowest BCUT2D eigenvalue weighted by molar-refractivity contribution is 0.209. The second-order valence-corrected chi connectivity index (χ2v) is 5.66. The highest BCUT2D eigenvalue weighted by atomic mass is 16.5. The number of fused-ring (bicyclic) bond motifs is 1. The smallest absolute Gasteiger partial charge is 0.215 e. The van der Waals surface area contributed by atoms with Crippen LogP contribution in [-0.4, -0.2) is 12.1 Å². The van der Waals surface area contributed by atoms with E-state index in [1.54, 1.807) is 7.11 Å². The van der Waals surface area contributed by atoms with Gasteiger partial charge in [-0.05, 0) is 43.7 Å². The quantitative estimate of drug-likeness (QED) is 0.900. The second-order valence-electron chi connectivity index (χ2n) is 5.66. The fourth-order valence-electron chi connectivity index (χ4n) is 2.79. The summed E-state index contributed by atoms with van der Waals surface area (Å²) < 4.78 is 11.2. The van der Waals surface area contributed by atoms with Crippen LogP contribution >= 0.6 is 0 Å². The van der Waals surface area contributed by atoms with Gasteiger partial charge in [-0.3, -0.25) is 0 Å². The zero-order valence-corrected chi connectivity index (χ0v) is 11.5. The molecule has 102 valence electrons. The molecule has 1 aromatic carbocycles. The van der Waals surface area contributed by atoms with Crippen LogP contribution in [-0.2, 0) is 5.54 Å². The van der Waals surface area contributed by atoms with Crippen molar-refractivity contribution in [2.45, 2.75) is 38.1 Å². The second kappa shape index (κ2) is 4.53. The Morgan fingerprint density at radius 1 is 1.37 bits per heavy atom. The van der Waals surface area contributed by atoms with Crippen molar-refractivity contribution in [3.8, 4) is 5.75 Å². The first-order chi connectivity index (χ1) is 9.12. The standard InChI is InChI=1S/C15H20N2O2/c1-10-6-8-15(16,9-7-10)14-17-13-11(18-2)4-3-5-12(13)19-14/h3-5,10H,6-9,16H2,1-2H3. The normalized spacial score (nSPS) is 27.6. The van der Waals surface area contributed by atoms with Gasteiger partial charge in [0, 0.05) is 0 Å². The number of para-hydroxylation sites is 1. The third-order valence-corrected chi connectivity index (χ3v) is 4.19. The Balaban J connectivity index is 2.01. The zero-order valence-electron chi connectivity index (χ0n) is 11.5. The van der Waals surface area contributed by atoms with Crippen LogP contribution in [0, 0.1) is 5.92 Å². The largest absolute Gasteiger partial charge is 0.494 e. The van der Waals surface area contributed by atoms with Gasteiger partial charge in [0.2, 0.25) is 5.89 Å². The number of oxazole rings is 1. The molecule has 1 saturated carbocycles. The molecule has 1 aromatic heterocycles. The maximum Gasteiger partial charge on any atom is 0.215 e. The number of aromatic nitrogens is 1. The zero-order chi connectivity index (χ0) is 13.5. The Bertz CT molecular complexity index is 583. The minimum Gasteiger partial charge on any atom is -0.494 e. The van der Waals surface area contributed by atoms with Crippen LogP contribution in [0.1, 0.15) is 38.5 Å². The molecule has 2 aromatic rings. The van der Waals surface area contributed by atoms with Gasteiger partial charge in [-0.25, -0.2) is 4.98 Å². The SMILES string of the molecule is COc1cccc2oc(C3(N)CCC(C)CC3)nc12. The number of rotatable bonds is 2. The lowest BCUT2D eigenvalue weighted by Crippen LogP contribution is -2.40. The molecule has 0 spiro atoms. The van der Waals surface area contributed by atoms with Gasteiger partial charge < -0.3 is 14.9 Å². The van der Waals surface area contributed by atoms with Gasteiger partial charge in [0.15, 0.2) is 11.1 Å². The summed E-state index contributed by atoms with van der Waals surface area (Å²) in [5.41, 5.74) is 7.60. The monoisotopic (exact) mass is 260 g/mol. The molecule has 1 heterocycles. The molecule has 1 aliphatic rings. The predicted octanol–water partition coefficient (Wildman–Crippen LogP) is 3.20.